The minimum atomic E-state index is -2.58. The molecule has 0 amide bonds. The quantitative estimate of drug-likeness (QED) is 0.466. The van der Waals surface area contributed by atoms with Gasteiger partial charge in [-0.3, -0.25) is 0 Å². The minimum absolute atomic E-state index is 1.07. The molecule has 43 valence electrons. The van der Waals surface area contributed by atoms with E-state index in [0.29, 0.717) is 0 Å². The highest BCUT2D eigenvalue weighted by molar-refractivity contribution is 6.15. The first-order valence-corrected chi connectivity index (χ1v) is 3.31. The molecule has 0 nitrogen and oxygen atoms in total. The van der Waals surface area contributed by atoms with Gasteiger partial charge in [-0.15, -0.1) is 0 Å². The molecule has 0 atom stereocenters. The van der Waals surface area contributed by atoms with E-state index in [1.165, 1.54) is 6.42 Å². The van der Waals surface area contributed by atoms with E-state index in [0.717, 1.165) is 6.42 Å². The molecule has 0 saturated heterocycles. The Bertz CT molecular complexity index is 17.2. The van der Waals surface area contributed by atoms with Gasteiger partial charge in [-0.25, -0.2) is 0 Å². The van der Waals surface area contributed by atoms with Gasteiger partial charge in [-0.05, 0) is 0 Å². The Morgan fingerprint density at radius 1 is 1.57 bits per heavy atom. The number of halogens is 2. The summed E-state index contributed by atoms with van der Waals surface area (Å²) in [6.07, 6.45) is 2.28. The van der Waals surface area contributed by atoms with E-state index in [9.17, 15) is 7.05 Å². The second-order valence-electron chi connectivity index (χ2n) is 0.955. The van der Waals surface area contributed by atoms with Gasteiger partial charge in [-0.2, -0.15) is 0 Å². The maximum Gasteiger partial charge on any atom is 0.732 e. The van der Waals surface area contributed by atoms with Gasteiger partial charge in [0.1, 0.15) is 0 Å². The lowest BCUT2D eigenvalue weighted by molar-refractivity contribution is 0.712. The molecule has 1 radical (unpaired) electrons. The highest BCUT2D eigenvalue weighted by Gasteiger charge is 1.70. The van der Waals surface area contributed by atoms with Crippen molar-refractivity contribution in [3.05, 3.63) is 6.92 Å². The van der Waals surface area contributed by atoms with E-state index in [4.69, 9.17) is 0 Å². The van der Waals surface area contributed by atoms with Crippen molar-refractivity contribution < 1.29 is 7.05 Å². The molecule has 0 aliphatic heterocycles. The Kier molecular flexibility index (Phi) is 24.0. The largest absolute Gasteiger partial charge is 0.732 e. The highest BCUT2D eigenvalue weighted by atomic mass is 27.2. The van der Waals surface area contributed by atoms with Crippen LogP contribution in [-0.4, -0.2) is 16.1 Å². The highest BCUT2D eigenvalue weighted by Crippen LogP contribution is 1.75. The van der Waals surface area contributed by atoms with E-state index in [2.05, 4.69) is 13.8 Å². The van der Waals surface area contributed by atoms with Crippen molar-refractivity contribution in [2.75, 3.05) is 0 Å². The summed E-state index contributed by atoms with van der Waals surface area (Å²) in [6, 6.07) is 0. The second-order valence-corrected chi connectivity index (χ2v) is 1.16. The minimum Gasteiger partial charge on any atom is -0.377 e. The van der Waals surface area contributed by atoms with Gasteiger partial charge in [0.15, 0.2) is 0 Å². The Hall–Kier alpha value is 0.392. The predicted octanol–water partition coefficient (Wildman–Crippen LogP) is 1.81. The molecule has 0 aromatic carbocycles. The Morgan fingerprint density at radius 2 is 1.71 bits per heavy atom. The van der Waals surface area contributed by atoms with Gasteiger partial charge in [0.05, 0.1) is 0 Å². The molecule has 0 N–H and O–H groups in total. The Morgan fingerprint density at radius 3 is 1.71 bits per heavy atom. The van der Waals surface area contributed by atoms with Gasteiger partial charge < -0.3 is 7.05 Å². The molecule has 0 saturated carbocycles. The lowest BCUT2D eigenvalue weighted by Gasteiger charge is -1.67. The summed E-state index contributed by atoms with van der Waals surface area (Å²) in [6.45, 7) is 5.72. The number of hydrogen-bond acceptors (Lipinski definition) is 0. The van der Waals surface area contributed by atoms with Crippen LogP contribution in [0, 0.1) is 6.92 Å². The molecule has 0 unspecified atom stereocenters. The Balaban J connectivity index is 0. The summed E-state index contributed by atoms with van der Waals surface area (Å²) < 4.78 is 19.5. The fraction of sp³-hybridized carbons (Fsp3) is 0.750. The molecule has 0 aliphatic carbocycles. The molecule has 0 aromatic rings. The van der Waals surface area contributed by atoms with Crippen LogP contribution in [0.25, 0.3) is 0 Å². The third kappa shape index (κ3) is 63.6. The van der Waals surface area contributed by atoms with E-state index in [1.54, 1.807) is 0 Å². The SMILES string of the molecule is [CH2]CCC.[F][AlH][F]. The van der Waals surface area contributed by atoms with E-state index in [1.807, 2.05) is 0 Å². The fourth-order valence-electron chi connectivity index (χ4n) is 0. The standard InChI is InChI=1S/C4H9.Al.2FH.H/c1-3-4-2;;;;/h1,3-4H2,2H3;;2*1H;/q;+2;;;/p-2. The van der Waals surface area contributed by atoms with Crippen LogP contribution < -0.4 is 0 Å². The topological polar surface area (TPSA) is 0 Å². The van der Waals surface area contributed by atoms with Crippen LogP contribution in [0.2, 0.25) is 0 Å². The normalized spacial score (nSPS) is 6.29. The third-order valence-corrected chi connectivity index (χ3v) is 0.354. The zero-order chi connectivity index (χ0) is 6.12. The van der Waals surface area contributed by atoms with Crippen LogP contribution in [0.3, 0.4) is 0 Å². The first-order valence-electron chi connectivity index (χ1n) is 2.24. The van der Waals surface area contributed by atoms with Crippen LogP contribution >= 0.6 is 0 Å². The maximum atomic E-state index is 9.76. The molecule has 3 heteroatoms. The lowest BCUT2D eigenvalue weighted by atomic mass is 10.4. The van der Waals surface area contributed by atoms with Gasteiger partial charge in [0.25, 0.3) is 0 Å². The predicted molar refractivity (Wildman–Crippen MR) is 29.6 cm³/mol. The van der Waals surface area contributed by atoms with Crippen molar-refractivity contribution in [2.45, 2.75) is 19.8 Å². The average molecular weight is 123 g/mol. The zero-order valence-electron chi connectivity index (χ0n) is 4.58. The van der Waals surface area contributed by atoms with E-state index >= 15 is 0 Å². The van der Waals surface area contributed by atoms with Crippen LogP contribution in [0.15, 0.2) is 0 Å². The molecule has 0 aliphatic rings. The van der Waals surface area contributed by atoms with E-state index < -0.39 is 16.1 Å². The third-order valence-electron chi connectivity index (χ3n) is 0.354. The van der Waals surface area contributed by atoms with Crippen molar-refractivity contribution in [1.82, 2.24) is 0 Å². The fourth-order valence-corrected chi connectivity index (χ4v) is 0. The molecular formula is C4H10AlF2. The van der Waals surface area contributed by atoms with Crippen molar-refractivity contribution >= 4 is 16.1 Å². The monoisotopic (exact) mass is 123 g/mol. The maximum absolute atomic E-state index is 9.76. The number of unbranched alkanes of at least 4 members (excludes halogenated alkanes) is 1. The first kappa shape index (κ1) is 10.4. The summed E-state index contributed by atoms with van der Waals surface area (Å²) in [5.41, 5.74) is 0. The van der Waals surface area contributed by atoms with Crippen LogP contribution in [-0.2, 0) is 0 Å². The molecule has 0 spiro atoms. The average Bonchev–Trinajstić information content (AvgIpc) is 1.69. The van der Waals surface area contributed by atoms with Gasteiger partial charge in [0, 0.05) is 0 Å². The van der Waals surface area contributed by atoms with Crippen LogP contribution in [0.5, 0.6) is 0 Å². The van der Waals surface area contributed by atoms with Crippen molar-refractivity contribution in [1.29, 1.82) is 0 Å². The molecule has 0 fully saturated rings. The number of hydrogen-bond donors (Lipinski definition) is 0. The van der Waals surface area contributed by atoms with Crippen molar-refractivity contribution in [3.63, 3.8) is 0 Å². The first-order chi connectivity index (χ1) is 3.33. The molecule has 0 rings (SSSR count). The second kappa shape index (κ2) is 16.2. The van der Waals surface area contributed by atoms with Crippen molar-refractivity contribution in [2.24, 2.45) is 0 Å². The molecule has 7 heavy (non-hydrogen) atoms. The Labute approximate surface area is 50.6 Å². The molecule has 0 heterocycles. The molecule has 0 bridgehead atoms. The van der Waals surface area contributed by atoms with Crippen LogP contribution in [0.1, 0.15) is 19.8 Å². The summed E-state index contributed by atoms with van der Waals surface area (Å²) >= 11 is -2.58. The summed E-state index contributed by atoms with van der Waals surface area (Å²) in [5, 5.41) is 0. The molecule has 0 aromatic heterocycles. The van der Waals surface area contributed by atoms with Gasteiger partial charge >= 0.3 is 16.1 Å². The lowest BCUT2D eigenvalue weighted by Crippen LogP contribution is -1.48. The molecular weight excluding hydrogens is 113 g/mol. The zero-order valence-corrected chi connectivity index (χ0v) is 6.00. The van der Waals surface area contributed by atoms with Gasteiger partial charge in [0.2, 0.25) is 0 Å². The summed E-state index contributed by atoms with van der Waals surface area (Å²) in [5.74, 6) is 0. The van der Waals surface area contributed by atoms with E-state index in [-0.39, 0.29) is 0 Å². The number of rotatable bonds is 1. The smallest absolute Gasteiger partial charge is 0.377 e. The van der Waals surface area contributed by atoms with Crippen molar-refractivity contribution in [3.8, 4) is 0 Å². The summed E-state index contributed by atoms with van der Waals surface area (Å²) in [7, 11) is 0. The van der Waals surface area contributed by atoms with Gasteiger partial charge in [-0.1, -0.05) is 26.7 Å². The summed E-state index contributed by atoms with van der Waals surface area (Å²) in [4.78, 5) is 0. The van der Waals surface area contributed by atoms with Crippen LogP contribution in [0.4, 0.5) is 7.05 Å².